The molecule has 5 nitrogen and oxygen atoms in total. The third-order valence-electron chi connectivity index (χ3n) is 2.45. The summed E-state index contributed by atoms with van der Waals surface area (Å²) in [6.07, 6.45) is -0.0146. The Bertz CT molecular complexity index is 437. The second-order valence-electron chi connectivity index (χ2n) is 3.71. The summed E-state index contributed by atoms with van der Waals surface area (Å²) >= 11 is 0. The van der Waals surface area contributed by atoms with E-state index < -0.39 is 11.9 Å². The first-order valence-electron chi connectivity index (χ1n) is 5.93. The zero-order chi connectivity index (χ0) is 14.3. The summed E-state index contributed by atoms with van der Waals surface area (Å²) in [5, 5.41) is 2.56. The summed E-state index contributed by atoms with van der Waals surface area (Å²) < 4.78 is 28.4. The zero-order valence-electron chi connectivity index (χ0n) is 11.3. The van der Waals surface area contributed by atoms with E-state index in [1.165, 1.54) is 20.3 Å². The Morgan fingerprint density at radius 1 is 1.32 bits per heavy atom. The van der Waals surface area contributed by atoms with E-state index in [1.807, 2.05) is 0 Å². The van der Waals surface area contributed by atoms with Crippen LogP contribution >= 0.6 is 0 Å². The van der Waals surface area contributed by atoms with Crippen molar-refractivity contribution in [3.8, 4) is 11.5 Å². The molecule has 0 bridgehead atoms. The Hall–Kier alpha value is -1.98. The lowest BCUT2D eigenvalue weighted by atomic mass is 10.1. The number of methoxy groups -OCH3 is 2. The normalized spacial score (nSPS) is 9.89. The Kier molecular flexibility index (Phi) is 5.92. The fourth-order valence-corrected chi connectivity index (χ4v) is 1.61. The van der Waals surface area contributed by atoms with Gasteiger partial charge in [-0.15, -0.1) is 0 Å². The van der Waals surface area contributed by atoms with Crippen molar-refractivity contribution in [3.05, 3.63) is 23.5 Å². The van der Waals surface area contributed by atoms with Crippen molar-refractivity contribution in [2.45, 2.75) is 13.3 Å². The lowest BCUT2D eigenvalue weighted by molar-refractivity contribution is 0.152. The van der Waals surface area contributed by atoms with E-state index in [9.17, 15) is 9.18 Å². The molecule has 1 aromatic carbocycles. The van der Waals surface area contributed by atoms with Gasteiger partial charge in [0.1, 0.15) is 0 Å². The molecule has 0 heterocycles. The molecule has 19 heavy (non-hydrogen) atoms. The van der Waals surface area contributed by atoms with Gasteiger partial charge in [-0.2, -0.15) is 0 Å². The third kappa shape index (κ3) is 4.31. The molecule has 0 radical (unpaired) electrons. The van der Waals surface area contributed by atoms with Crippen LogP contribution in [0.1, 0.15) is 12.5 Å². The van der Waals surface area contributed by atoms with Gasteiger partial charge in [0.25, 0.3) is 0 Å². The average molecular weight is 271 g/mol. The van der Waals surface area contributed by atoms with E-state index in [1.54, 1.807) is 13.0 Å². The second-order valence-corrected chi connectivity index (χ2v) is 3.71. The number of hydrogen-bond acceptors (Lipinski definition) is 4. The van der Waals surface area contributed by atoms with Crippen LogP contribution in [0.25, 0.3) is 0 Å². The number of carbonyl (C=O) groups excluding carboxylic acids is 1. The van der Waals surface area contributed by atoms with Gasteiger partial charge >= 0.3 is 6.09 Å². The van der Waals surface area contributed by atoms with Gasteiger partial charge in [-0.1, -0.05) is 0 Å². The van der Waals surface area contributed by atoms with Crippen molar-refractivity contribution in [1.82, 2.24) is 5.32 Å². The Morgan fingerprint density at radius 2 is 2.05 bits per heavy atom. The van der Waals surface area contributed by atoms with Crippen LogP contribution in [0.15, 0.2) is 12.1 Å². The fraction of sp³-hybridized carbons (Fsp3) is 0.462. The summed E-state index contributed by atoms with van der Waals surface area (Å²) in [7, 11) is 2.82. The zero-order valence-corrected chi connectivity index (χ0v) is 11.3. The molecule has 1 amide bonds. The molecule has 0 aliphatic heterocycles. The first kappa shape index (κ1) is 15.1. The van der Waals surface area contributed by atoms with E-state index in [0.717, 1.165) is 0 Å². The molecule has 0 saturated carbocycles. The minimum absolute atomic E-state index is 0.0737. The highest BCUT2D eigenvalue weighted by Crippen LogP contribution is 2.31. The average Bonchev–Trinajstić information content (AvgIpc) is 2.38. The Balaban J connectivity index is 2.64. The van der Waals surface area contributed by atoms with Crippen LogP contribution in [0, 0.1) is 5.82 Å². The van der Waals surface area contributed by atoms with Gasteiger partial charge in [0.15, 0.2) is 17.3 Å². The maximum Gasteiger partial charge on any atom is 0.407 e. The van der Waals surface area contributed by atoms with E-state index >= 15 is 0 Å². The largest absolute Gasteiger partial charge is 0.493 e. The highest BCUT2D eigenvalue weighted by molar-refractivity contribution is 5.67. The number of amides is 1. The van der Waals surface area contributed by atoms with Gasteiger partial charge in [0.2, 0.25) is 0 Å². The molecule has 0 fully saturated rings. The van der Waals surface area contributed by atoms with Crippen LogP contribution in [0.5, 0.6) is 11.5 Å². The lowest BCUT2D eigenvalue weighted by Gasteiger charge is -2.11. The van der Waals surface area contributed by atoms with Crippen LogP contribution < -0.4 is 14.8 Å². The van der Waals surface area contributed by atoms with Crippen molar-refractivity contribution in [3.63, 3.8) is 0 Å². The van der Waals surface area contributed by atoms with Crippen molar-refractivity contribution >= 4 is 6.09 Å². The van der Waals surface area contributed by atoms with Gasteiger partial charge in [-0.3, -0.25) is 0 Å². The van der Waals surface area contributed by atoms with Crippen LogP contribution in [-0.4, -0.2) is 33.5 Å². The van der Waals surface area contributed by atoms with Crippen molar-refractivity contribution in [1.29, 1.82) is 0 Å². The summed E-state index contributed by atoms with van der Waals surface area (Å²) in [4.78, 5) is 11.1. The van der Waals surface area contributed by atoms with E-state index in [0.29, 0.717) is 30.9 Å². The van der Waals surface area contributed by atoms with E-state index in [-0.39, 0.29) is 5.75 Å². The molecule has 106 valence electrons. The molecule has 1 rings (SSSR count). The monoisotopic (exact) mass is 271 g/mol. The minimum atomic E-state index is -0.493. The van der Waals surface area contributed by atoms with Crippen molar-refractivity contribution in [2.75, 3.05) is 27.4 Å². The summed E-state index contributed by atoms with van der Waals surface area (Å²) in [6.45, 7) is 2.40. The number of halogens is 1. The predicted molar refractivity (Wildman–Crippen MR) is 68.2 cm³/mol. The number of nitrogens with one attached hydrogen (secondary N) is 1. The Morgan fingerprint density at radius 3 is 2.63 bits per heavy atom. The Labute approximate surface area is 111 Å². The number of ether oxygens (including phenoxy) is 3. The molecule has 0 saturated heterocycles. The first-order chi connectivity index (χ1) is 9.12. The quantitative estimate of drug-likeness (QED) is 0.861. The molecule has 0 aliphatic carbocycles. The number of alkyl carbamates (subject to hydrolysis) is 1. The molecule has 0 spiro atoms. The molecule has 1 aromatic rings. The van der Waals surface area contributed by atoms with E-state index in [2.05, 4.69) is 5.32 Å². The van der Waals surface area contributed by atoms with Gasteiger partial charge in [0.05, 0.1) is 20.8 Å². The molecular formula is C13H18FNO4. The van der Waals surface area contributed by atoms with Crippen LogP contribution in [0.4, 0.5) is 9.18 Å². The standard InChI is InChI=1S/C13H18FNO4/c1-4-19-13(16)15-6-5-9-7-10(14)12(18-3)11(8-9)17-2/h7-8H,4-6H2,1-3H3,(H,15,16). The van der Waals surface area contributed by atoms with Gasteiger partial charge in [-0.05, 0) is 31.0 Å². The lowest BCUT2D eigenvalue weighted by Crippen LogP contribution is -2.26. The molecule has 1 N–H and O–H groups in total. The summed E-state index contributed by atoms with van der Waals surface area (Å²) in [6, 6.07) is 3.03. The molecule has 6 heteroatoms. The maximum atomic E-state index is 13.7. The number of rotatable bonds is 6. The van der Waals surface area contributed by atoms with Crippen LogP contribution in [0.2, 0.25) is 0 Å². The molecule has 0 atom stereocenters. The van der Waals surface area contributed by atoms with Crippen molar-refractivity contribution in [2.24, 2.45) is 0 Å². The number of carbonyl (C=O) groups is 1. The fourth-order valence-electron chi connectivity index (χ4n) is 1.61. The minimum Gasteiger partial charge on any atom is -0.493 e. The van der Waals surface area contributed by atoms with Crippen LogP contribution in [-0.2, 0) is 11.2 Å². The summed E-state index contributed by atoms with van der Waals surface area (Å²) in [5.74, 6) is -0.0915. The van der Waals surface area contributed by atoms with Crippen molar-refractivity contribution < 1.29 is 23.4 Å². The van der Waals surface area contributed by atoms with Crippen LogP contribution in [0.3, 0.4) is 0 Å². The topological polar surface area (TPSA) is 56.8 Å². The maximum absolute atomic E-state index is 13.7. The molecular weight excluding hydrogens is 253 g/mol. The third-order valence-corrected chi connectivity index (χ3v) is 2.45. The smallest absolute Gasteiger partial charge is 0.407 e. The SMILES string of the molecule is CCOC(=O)NCCc1cc(F)c(OC)c(OC)c1. The first-order valence-corrected chi connectivity index (χ1v) is 5.93. The molecule has 0 aromatic heterocycles. The predicted octanol–water partition coefficient (Wildman–Crippen LogP) is 2.13. The molecule has 0 unspecified atom stereocenters. The molecule has 0 aliphatic rings. The number of benzene rings is 1. The second kappa shape index (κ2) is 7.45. The van der Waals surface area contributed by atoms with Gasteiger partial charge in [-0.25, -0.2) is 9.18 Å². The highest BCUT2D eigenvalue weighted by Gasteiger charge is 2.12. The summed E-state index contributed by atoms with van der Waals surface area (Å²) in [5.41, 5.74) is 0.701. The highest BCUT2D eigenvalue weighted by atomic mass is 19.1. The van der Waals surface area contributed by atoms with E-state index in [4.69, 9.17) is 14.2 Å². The van der Waals surface area contributed by atoms with Gasteiger partial charge < -0.3 is 19.5 Å². The number of hydrogen-bond donors (Lipinski definition) is 1. The van der Waals surface area contributed by atoms with Gasteiger partial charge in [0, 0.05) is 6.54 Å².